The lowest BCUT2D eigenvalue weighted by Gasteiger charge is -2.08. The highest BCUT2D eigenvalue weighted by molar-refractivity contribution is 5.81. The topological polar surface area (TPSA) is 63.8 Å². The highest BCUT2D eigenvalue weighted by atomic mass is 16.5. The molecule has 22 heavy (non-hydrogen) atoms. The summed E-state index contributed by atoms with van der Waals surface area (Å²) in [4.78, 5) is 11.6. The van der Waals surface area contributed by atoms with E-state index in [1.54, 1.807) is 24.5 Å². The summed E-state index contributed by atoms with van der Waals surface area (Å²) < 4.78 is 10.6. The van der Waals surface area contributed by atoms with Crippen molar-refractivity contribution in [1.82, 2.24) is 5.43 Å². The molecule has 114 valence electrons. The SMILES string of the molecule is Cc1ccc(OCC(=O)N/N=C/C=C/c2ccco2)c(C)c1. The van der Waals surface area contributed by atoms with Gasteiger partial charge in [0.1, 0.15) is 11.5 Å². The quantitative estimate of drug-likeness (QED) is 0.658. The van der Waals surface area contributed by atoms with Crippen LogP contribution >= 0.6 is 0 Å². The van der Waals surface area contributed by atoms with Crippen molar-refractivity contribution >= 4 is 18.2 Å². The van der Waals surface area contributed by atoms with Gasteiger partial charge in [0, 0.05) is 6.21 Å². The van der Waals surface area contributed by atoms with Crippen LogP contribution in [-0.4, -0.2) is 18.7 Å². The lowest BCUT2D eigenvalue weighted by Crippen LogP contribution is -2.24. The van der Waals surface area contributed by atoms with Crippen molar-refractivity contribution in [1.29, 1.82) is 0 Å². The van der Waals surface area contributed by atoms with E-state index in [0.717, 1.165) is 16.9 Å². The molecule has 5 heteroatoms. The summed E-state index contributed by atoms with van der Waals surface area (Å²) in [6.07, 6.45) is 6.46. The molecule has 0 bridgehead atoms. The second-order valence-corrected chi connectivity index (χ2v) is 4.75. The van der Waals surface area contributed by atoms with E-state index in [1.807, 2.05) is 38.1 Å². The number of carbonyl (C=O) groups excluding carboxylic acids is 1. The van der Waals surface area contributed by atoms with Crippen molar-refractivity contribution in [3.63, 3.8) is 0 Å². The summed E-state index contributed by atoms with van der Waals surface area (Å²) in [7, 11) is 0. The average Bonchev–Trinajstić information content (AvgIpc) is 2.99. The summed E-state index contributed by atoms with van der Waals surface area (Å²) in [5.74, 6) is 1.10. The van der Waals surface area contributed by atoms with Crippen LogP contribution in [0.4, 0.5) is 0 Å². The summed E-state index contributed by atoms with van der Waals surface area (Å²) in [5.41, 5.74) is 4.54. The number of allylic oxidation sites excluding steroid dienone is 1. The van der Waals surface area contributed by atoms with Gasteiger partial charge in [0.2, 0.25) is 0 Å². The average molecular weight is 298 g/mol. The van der Waals surface area contributed by atoms with Gasteiger partial charge in [0.15, 0.2) is 6.61 Å². The highest BCUT2D eigenvalue weighted by Gasteiger charge is 2.03. The lowest BCUT2D eigenvalue weighted by atomic mass is 10.1. The van der Waals surface area contributed by atoms with Gasteiger partial charge in [-0.15, -0.1) is 0 Å². The van der Waals surface area contributed by atoms with Gasteiger partial charge in [-0.05, 0) is 49.8 Å². The molecule has 0 saturated carbocycles. The first-order valence-corrected chi connectivity index (χ1v) is 6.87. The fraction of sp³-hybridized carbons (Fsp3) is 0.176. The third-order valence-electron chi connectivity index (χ3n) is 2.84. The van der Waals surface area contributed by atoms with Gasteiger partial charge in [-0.1, -0.05) is 17.7 Å². The number of hydrogen-bond acceptors (Lipinski definition) is 4. The first-order chi connectivity index (χ1) is 10.6. The van der Waals surface area contributed by atoms with E-state index in [2.05, 4.69) is 10.5 Å². The van der Waals surface area contributed by atoms with E-state index in [1.165, 1.54) is 6.21 Å². The number of carbonyl (C=O) groups is 1. The Hall–Kier alpha value is -2.82. The second-order valence-electron chi connectivity index (χ2n) is 4.75. The normalized spacial score (nSPS) is 11.2. The molecule has 1 heterocycles. The van der Waals surface area contributed by atoms with E-state index >= 15 is 0 Å². The number of amides is 1. The fourth-order valence-electron chi connectivity index (χ4n) is 1.81. The molecular formula is C17H18N2O3. The van der Waals surface area contributed by atoms with Crippen molar-refractivity contribution in [2.75, 3.05) is 6.61 Å². The molecule has 1 aromatic heterocycles. The van der Waals surface area contributed by atoms with E-state index in [-0.39, 0.29) is 12.5 Å². The van der Waals surface area contributed by atoms with E-state index in [9.17, 15) is 4.79 Å². The maximum atomic E-state index is 11.6. The number of nitrogens with zero attached hydrogens (tertiary/aromatic N) is 1. The molecule has 0 unspecified atom stereocenters. The molecule has 0 aliphatic heterocycles. The minimum atomic E-state index is -0.317. The maximum Gasteiger partial charge on any atom is 0.277 e. The molecule has 1 aromatic carbocycles. The monoisotopic (exact) mass is 298 g/mol. The molecule has 0 fully saturated rings. The van der Waals surface area contributed by atoms with Gasteiger partial charge >= 0.3 is 0 Å². The van der Waals surface area contributed by atoms with Gasteiger partial charge < -0.3 is 9.15 Å². The molecular weight excluding hydrogens is 280 g/mol. The van der Waals surface area contributed by atoms with Crippen molar-refractivity contribution in [2.45, 2.75) is 13.8 Å². The highest BCUT2D eigenvalue weighted by Crippen LogP contribution is 2.18. The summed E-state index contributed by atoms with van der Waals surface area (Å²) in [6.45, 7) is 3.87. The molecule has 0 spiro atoms. The predicted octanol–water partition coefficient (Wildman–Crippen LogP) is 3.09. The predicted molar refractivity (Wildman–Crippen MR) is 85.8 cm³/mol. The third-order valence-corrected chi connectivity index (χ3v) is 2.84. The number of nitrogens with one attached hydrogen (secondary N) is 1. The summed E-state index contributed by atoms with van der Waals surface area (Å²) in [5, 5.41) is 3.79. The van der Waals surface area contributed by atoms with Crippen molar-refractivity contribution in [3.8, 4) is 5.75 Å². The minimum Gasteiger partial charge on any atom is -0.483 e. The minimum absolute atomic E-state index is 0.0802. The molecule has 0 aliphatic carbocycles. The lowest BCUT2D eigenvalue weighted by molar-refractivity contribution is -0.123. The van der Waals surface area contributed by atoms with E-state index in [4.69, 9.17) is 9.15 Å². The number of hydrogen-bond donors (Lipinski definition) is 1. The van der Waals surface area contributed by atoms with Crippen molar-refractivity contribution in [3.05, 3.63) is 59.6 Å². The Labute approximate surface area is 129 Å². The van der Waals surface area contributed by atoms with Crippen molar-refractivity contribution < 1.29 is 13.9 Å². The number of rotatable bonds is 6. The van der Waals surface area contributed by atoms with Crippen LogP contribution in [0.25, 0.3) is 6.08 Å². The van der Waals surface area contributed by atoms with E-state index in [0.29, 0.717) is 5.75 Å². The van der Waals surface area contributed by atoms with Gasteiger partial charge in [0.05, 0.1) is 6.26 Å². The third kappa shape index (κ3) is 4.94. The number of furan rings is 1. The Morgan fingerprint density at radius 2 is 2.23 bits per heavy atom. The summed E-state index contributed by atoms with van der Waals surface area (Å²) in [6, 6.07) is 9.42. The van der Waals surface area contributed by atoms with Crippen LogP contribution in [0, 0.1) is 13.8 Å². The zero-order chi connectivity index (χ0) is 15.8. The fourth-order valence-corrected chi connectivity index (χ4v) is 1.81. The van der Waals surface area contributed by atoms with Gasteiger partial charge in [-0.2, -0.15) is 5.10 Å². The zero-order valence-electron chi connectivity index (χ0n) is 12.6. The number of aryl methyl sites for hydroxylation is 2. The molecule has 2 aromatic rings. The van der Waals surface area contributed by atoms with Crippen LogP contribution in [0.3, 0.4) is 0 Å². The molecule has 0 aliphatic rings. The van der Waals surface area contributed by atoms with Crippen LogP contribution in [0.2, 0.25) is 0 Å². The molecule has 5 nitrogen and oxygen atoms in total. The van der Waals surface area contributed by atoms with Crippen LogP contribution in [0.1, 0.15) is 16.9 Å². The van der Waals surface area contributed by atoms with Gasteiger partial charge in [0.25, 0.3) is 5.91 Å². The van der Waals surface area contributed by atoms with Crippen LogP contribution in [0.15, 0.2) is 52.2 Å². The first-order valence-electron chi connectivity index (χ1n) is 6.87. The zero-order valence-corrected chi connectivity index (χ0v) is 12.6. The Morgan fingerprint density at radius 3 is 2.95 bits per heavy atom. The van der Waals surface area contributed by atoms with Crippen LogP contribution in [0.5, 0.6) is 5.75 Å². The Balaban J connectivity index is 1.73. The molecule has 1 N–H and O–H groups in total. The largest absolute Gasteiger partial charge is 0.483 e. The molecule has 2 rings (SSSR count). The van der Waals surface area contributed by atoms with Gasteiger partial charge in [-0.3, -0.25) is 4.79 Å². The van der Waals surface area contributed by atoms with Crippen LogP contribution < -0.4 is 10.2 Å². The Kier molecular flexibility index (Phi) is 5.54. The molecule has 1 amide bonds. The van der Waals surface area contributed by atoms with E-state index < -0.39 is 0 Å². The molecule has 0 atom stereocenters. The van der Waals surface area contributed by atoms with Gasteiger partial charge in [-0.25, -0.2) is 5.43 Å². The first kappa shape index (κ1) is 15.6. The molecule has 0 radical (unpaired) electrons. The van der Waals surface area contributed by atoms with Crippen LogP contribution in [-0.2, 0) is 4.79 Å². The Morgan fingerprint density at radius 1 is 1.36 bits per heavy atom. The maximum absolute atomic E-state index is 11.6. The Bertz CT molecular complexity index is 673. The number of hydrazone groups is 1. The summed E-state index contributed by atoms with van der Waals surface area (Å²) >= 11 is 0. The smallest absolute Gasteiger partial charge is 0.277 e. The number of ether oxygens (including phenoxy) is 1. The standard InChI is InChI=1S/C17H18N2O3/c1-13-7-8-16(14(2)11-13)22-12-17(20)19-18-9-3-5-15-6-4-10-21-15/h3-11H,12H2,1-2H3,(H,19,20)/b5-3+,18-9+. The van der Waals surface area contributed by atoms with Crippen molar-refractivity contribution in [2.24, 2.45) is 5.10 Å². The number of benzene rings is 1. The second kappa shape index (κ2) is 7.83. The molecule has 0 saturated heterocycles.